The molecule has 16 heavy (non-hydrogen) atoms. The molecule has 0 spiro atoms. The summed E-state index contributed by atoms with van der Waals surface area (Å²) in [4.78, 5) is 0. The fraction of sp³-hybridized carbons (Fsp3) is 0.538. The third kappa shape index (κ3) is 4.52. The van der Waals surface area contributed by atoms with Gasteiger partial charge in [-0.3, -0.25) is 0 Å². The lowest BCUT2D eigenvalue weighted by atomic mass is 10.1. The van der Waals surface area contributed by atoms with Gasteiger partial charge in [0.1, 0.15) is 0 Å². The molecule has 0 saturated carbocycles. The molecule has 1 aromatic rings. The smallest absolute Gasteiger partial charge is 0.0435 e. The summed E-state index contributed by atoms with van der Waals surface area (Å²) in [5.41, 5.74) is 2.36. The molecule has 0 amide bonds. The van der Waals surface area contributed by atoms with Crippen LogP contribution in [0.25, 0.3) is 0 Å². The first-order chi connectivity index (χ1) is 7.63. The van der Waals surface area contributed by atoms with Crippen LogP contribution in [-0.2, 0) is 6.54 Å². The van der Waals surface area contributed by atoms with E-state index >= 15 is 0 Å². The summed E-state index contributed by atoms with van der Waals surface area (Å²) >= 11 is 5.96. The van der Waals surface area contributed by atoms with E-state index in [-0.39, 0.29) is 6.61 Å². The molecular weight excluding hydrogens is 222 g/mol. The number of benzene rings is 1. The number of halogens is 1. The average molecular weight is 242 g/mol. The number of hydrogen-bond acceptors (Lipinski definition) is 2. The van der Waals surface area contributed by atoms with E-state index in [0.29, 0.717) is 5.92 Å². The normalized spacial score (nSPS) is 12.8. The molecule has 2 N–H and O–H groups in total. The van der Waals surface area contributed by atoms with Gasteiger partial charge >= 0.3 is 0 Å². The first kappa shape index (κ1) is 13.5. The number of rotatable bonds is 6. The fourth-order valence-corrected chi connectivity index (χ4v) is 1.72. The summed E-state index contributed by atoms with van der Waals surface area (Å²) in [6.07, 6.45) is 0.854. The van der Waals surface area contributed by atoms with Crippen LogP contribution >= 0.6 is 11.6 Å². The maximum atomic E-state index is 8.78. The second-order valence-corrected chi connectivity index (χ2v) is 4.74. The zero-order chi connectivity index (χ0) is 12.0. The van der Waals surface area contributed by atoms with Gasteiger partial charge < -0.3 is 10.4 Å². The molecule has 0 unspecified atom stereocenters. The Balaban J connectivity index is 2.34. The number of hydrogen-bond donors (Lipinski definition) is 2. The maximum Gasteiger partial charge on any atom is 0.0435 e. The molecule has 1 aromatic carbocycles. The molecule has 0 heterocycles. The Hall–Kier alpha value is -0.570. The molecule has 2 nitrogen and oxygen atoms in total. The van der Waals surface area contributed by atoms with Crippen molar-refractivity contribution in [1.82, 2.24) is 5.32 Å². The maximum absolute atomic E-state index is 8.78. The number of nitrogens with one attached hydrogen (secondary N) is 1. The monoisotopic (exact) mass is 241 g/mol. The van der Waals surface area contributed by atoms with Crippen LogP contribution in [-0.4, -0.2) is 18.3 Å². The van der Waals surface area contributed by atoms with Crippen LogP contribution in [0.5, 0.6) is 0 Å². The number of aliphatic hydroxyl groups is 1. The summed E-state index contributed by atoms with van der Waals surface area (Å²) < 4.78 is 0. The molecule has 0 fully saturated rings. The van der Waals surface area contributed by atoms with Gasteiger partial charge in [0.25, 0.3) is 0 Å². The molecule has 0 aliphatic rings. The van der Waals surface area contributed by atoms with Crippen molar-refractivity contribution in [3.8, 4) is 0 Å². The number of aliphatic hydroxyl groups excluding tert-OH is 1. The minimum atomic E-state index is 0.267. The van der Waals surface area contributed by atoms with E-state index < -0.39 is 0 Å². The zero-order valence-electron chi connectivity index (χ0n) is 9.96. The van der Waals surface area contributed by atoms with Gasteiger partial charge in [-0.2, -0.15) is 0 Å². The lowest BCUT2D eigenvalue weighted by Crippen LogP contribution is -2.21. The van der Waals surface area contributed by atoms with Gasteiger partial charge in [0.2, 0.25) is 0 Å². The Labute approximate surface area is 103 Å². The molecule has 0 saturated heterocycles. The Bertz CT molecular complexity index is 328. The summed E-state index contributed by atoms with van der Waals surface area (Å²) in [7, 11) is 0. The average Bonchev–Trinajstić information content (AvgIpc) is 2.24. The van der Waals surface area contributed by atoms with Gasteiger partial charge in [-0.15, -0.1) is 0 Å². The summed E-state index contributed by atoms with van der Waals surface area (Å²) in [6.45, 7) is 6.20. The molecule has 90 valence electrons. The van der Waals surface area contributed by atoms with E-state index in [4.69, 9.17) is 16.7 Å². The predicted octanol–water partition coefficient (Wildman–Crippen LogP) is 2.76. The Morgan fingerprint density at radius 2 is 2.19 bits per heavy atom. The van der Waals surface area contributed by atoms with Crippen molar-refractivity contribution in [2.45, 2.75) is 26.8 Å². The molecule has 1 atom stereocenters. The Kier molecular flexibility index (Phi) is 5.81. The van der Waals surface area contributed by atoms with Crippen LogP contribution in [0.1, 0.15) is 24.5 Å². The van der Waals surface area contributed by atoms with Crippen LogP contribution in [0.15, 0.2) is 18.2 Å². The molecule has 0 aliphatic heterocycles. The largest absolute Gasteiger partial charge is 0.396 e. The SMILES string of the molecule is Cc1cc(CNC[C@H](C)CCO)ccc1Cl. The van der Waals surface area contributed by atoms with Crippen LogP contribution in [0.4, 0.5) is 0 Å². The molecule has 0 aromatic heterocycles. The van der Waals surface area contributed by atoms with E-state index in [0.717, 1.165) is 30.1 Å². The van der Waals surface area contributed by atoms with Crippen LogP contribution in [0.3, 0.4) is 0 Å². The Morgan fingerprint density at radius 3 is 2.81 bits per heavy atom. The van der Waals surface area contributed by atoms with Gasteiger partial charge in [0.15, 0.2) is 0 Å². The van der Waals surface area contributed by atoms with E-state index in [1.54, 1.807) is 0 Å². The molecular formula is C13H20ClNO. The van der Waals surface area contributed by atoms with Crippen molar-refractivity contribution in [2.75, 3.05) is 13.2 Å². The lowest BCUT2D eigenvalue weighted by Gasteiger charge is -2.11. The van der Waals surface area contributed by atoms with Gasteiger partial charge in [-0.05, 0) is 43.0 Å². The van der Waals surface area contributed by atoms with Crippen LogP contribution < -0.4 is 5.32 Å². The van der Waals surface area contributed by atoms with Crippen LogP contribution in [0.2, 0.25) is 5.02 Å². The Morgan fingerprint density at radius 1 is 1.44 bits per heavy atom. The van der Waals surface area contributed by atoms with Gasteiger partial charge in [0.05, 0.1) is 0 Å². The highest BCUT2D eigenvalue weighted by Gasteiger charge is 2.01. The van der Waals surface area contributed by atoms with Crippen molar-refractivity contribution in [1.29, 1.82) is 0 Å². The predicted molar refractivity (Wildman–Crippen MR) is 68.8 cm³/mol. The molecule has 3 heteroatoms. The first-order valence-electron chi connectivity index (χ1n) is 5.70. The van der Waals surface area contributed by atoms with E-state index in [9.17, 15) is 0 Å². The zero-order valence-corrected chi connectivity index (χ0v) is 10.7. The minimum absolute atomic E-state index is 0.267. The van der Waals surface area contributed by atoms with Crippen molar-refractivity contribution in [3.63, 3.8) is 0 Å². The highest BCUT2D eigenvalue weighted by Crippen LogP contribution is 2.16. The summed E-state index contributed by atoms with van der Waals surface area (Å²) in [5, 5.41) is 13.0. The van der Waals surface area contributed by atoms with E-state index in [1.165, 1.54) is 5.56 Å². The fourth-order valence-electron chi connectivity index (χ4n) is 1.60. The molecule has 0 radical (unpaired) electrons. The minimum Gasteiger partial charge on any atom is -0.396 e. The number of aryl methyl sites for hydroxylation is 1. The van der Waals surface area contributed by atoms with Crippen LogP contribution in [0, 0.1) is 12.8 Å². The van der Waals surface area contributed by atoms with Gasteiger partial charge in [0, 0.05) is 18.2 Å². The summed E-state index contributed by atoms with van der Waals surface area (Å²) in [6, 6.07) is 6.08. The second kappa shape index (κ2) is 6.89. The highest BCUT2D eigenvalue weighted by atomic mass is 35.5. The quantitative estimate of drug-likeness (QED) is 0.803. The lowest BCUT2D eigenvalue weighted by molar-refractivity contribution is 0.260. The third-order valence-corrected chi connectivity index (χ3v) is 3.09. The molecule has 0 bridgehead atoms. The summed E-state index contributed by atoms with van der Waals surface area (Å²) in [5.74, 6) is 0.512. The van der Waals surface area contributed by atoms with E-state index in [2.05, 4.69) is 18.3 Å². The molecule has 1 rings (SSSR count). The van der Waals surface area contributed by atoms with E-state index in [1.807, 2.05) is 19.1 Å². The first-order valence-corrected chi connectivity index (χ1v) is 6.08. The highest BCUT2D eigenvalue weighted by molar-refractivity contribution is 6.31. The van der Waals surface area contributed by atoms with Crippen molar-refractivity contribution >= 4 is 11.6 Å². The van der Waals surface area contributed by atoms with Gasteiger partial charge in [-0.1, -0.05) is 30.7 Å². The topological polar surface area (TPSA) is 32.3 Å². The van der Waals surface area contributed by atoms with Crippen molar-refractivity contribution < 1.29 is 5.11 Å². The van der Waals surface area contributed by atoms with Crippen molar-refractivity contribution in [3.05, 3.63) is 34.3 Å². The van der Waals surface area contributed by atoms with Crippen molar-refractivity contribution in [2.24, 2.45) is 5.92 Å². The van der Waals surface area contributed by atoms with Gasteiger partial charge in [-0.25, -0.2) is 0 Å². The third-order valence-electron chi connectivity index (χ3n) is 2.67. The second-order valence-electron chi connectivity index (χ2n) is 4.33. The standard InChI is InChI=1S/C13H20ClNO/c1-10(5-6-16)8-15-9-12-3-4-13(14)11(2)7-12/h3-4,7,10,15-16H,5-6,8-9H2,1-2H3/t10-/m1/s1. The molecule has 0 aliphatic carbocycles.